The Morgan fingerprint density at radius 1 is 1.04 bits per heavy atom. The van der Waals surface area contributed by atoms with Crippen LogP contribution in [-0.4, -0.2) is 24.3 Å². The molecule has 0 aliphatic carbocycles. The molecule has 134 valence electrons. The van der Waals surface area contributed by atoms with Crippen LogP contribution < -0.4 is 4.74 Å². The maximum absolute atomic E-state index is 6.47. The van der Waals surface area contributed by atoms with Gasteiger partial charge in [0.05, 0.1) is 13.7 Å². The molecule has 1 fully saturated rings. The molecule has 1 heterocycles. The first-order chi connectivity index (χ1) is 12.1. The van der Waals surface area contributed by atoms with Gasteiger partial charge in [0, 0.05) is 18.2 Å². The maximum atomic E-state index is 6.47. The molecule has 2 aromatic rings. The molecule has 0 spiro atoms. The number of piperidine rings is 1. The lowest BCUT2D eigenvalue weighted by Crippen LogP contribution is -2.52. The van der Waals surface area contributed by atoms with E-state index in [1.165, 1.54) is 24.0 Å². The first kappa shape index (κ1) is 18.0. The Morgan fingerprint density at radius 3 is 2.52 bits per heavy atom. The van der Waals surface area contributed by atoms with E-state index in [0.717, 1.165) is 18.7 Å². The Labute approximate surface area is 151 Å². The fourth-order valence-corrected chi connectivity index (χ4v) is 3.87. The second-order valence-electron chi connectivity index (χ2n) is 7.02. The van der Waals surface area contributed by atoms with Crippen molar-refractivity contribution in [2.24, 2.45) is 0 Å². The molecular formula is C22H29NO2. The van der Waals surface area contributed by atoms with E-state index in [1.54, 1.807) is 7.11 Å². The third-order valence-corrected chi connectivity index (χ3v) is 5.35. The molecule has 3 heteroatoms. The fraction of sp³-hybridized carbons (Fsp3) is 0.455. The van der Waals surface area contributed by atoms with Crippen molar-refractivity contribution in [3.05, 3.63) is 65.7 Å². The number of hydrogen-bond donors (Lipinski definition) is 0. The van der Waals surface area contributed by atoms with Crippen LogP contribution in [0.5, 0.6) is 5.75 Å². The summed E-state index contributed by atoms with van der Waals surface area (Å²) >= 11 is 0. The van der Waals surface area contributed by atoms with Gasteiger partial charge in [0.25, 0.3) is 0 Å². The smallest absolute Gasteiger partial charge is 0.123 e. The zero-order chi connectivity index (χ0) is 17.7. The summed E-state index contributed by atoms with van der Waals surface area (Å²) in [7, 11) is 1.74. The molecule has 0 aromatic heterocycles. The molecule has 2 unspecified atom stereocenters. The first-order valence-electron chi connectivity index (χ1n) is 9.21. The molecule has 0 radical (unpaired) electrons. The Balaban J connectivity index is 1.79. The summed E-state index contributed by atoms with van der Waals surface area (Å²) in [5.74, 6) is 0.950. The van der Waals surface area contributed by atoms with Crippen molar-refractivity contribution < 1.29 is 9.47 Å². The van der Waals surface area contributed by atoms with E-state index in [2.05, 4.69) is 55.1 Å². The standard InChI is InChI=1S/C22H29NO2/c1-18(20-13-7-8-14-21(20)24-3)23-16-10-9-15-22(23,2)25-17-19-11-5-4-6-12-19/h4-8,11-14,18H,9-10,15-17H2,1-3H3. The predicted molar refractivity (Wildman–Crippen MR) is 102 cm³/mol. The zero-order valence-corrected chi connectivity index (χ0v) is 15.6. The molecule has 3 nitrogen and oxygen atoms in total. The molecule has 0 N–H and O–H groups in total. The molecule has 1 aliphatic heterocycles. The second kappa shape index (κ2) is 8.03. The van der Waals surface area contributed by atoms with Gasteiger partial charge in [-0.15, -0.1) is 0 Å². The van der Waals surface area contributed by atoms with E-state index in [4.69, 9.17) is 9.47 Å². The van der Waals surface area contributed by atoms with E-state index in [0.29, 0.717) is 6.61 Å². The van der Waals surface area contributed by atoms with Gasteiger partial charge < -0.3 is 9.47 Å². The predicted octanol–water partition coefficient (Wildman–Crippen LogP) is 5.18. The van der Waals surface area contributed by atoms with Gasteiger partial charge in [0.1, 0.15) is 11.5 Å². The van der Waals surface area contributed by atoms with Gasteiger partial charge in [-0.2, -0.15) is 0 Å². The van der Waals surface area contributed by atoms with E-state index >= 15 is 0 Å². The minimum Gasteiger partial charge on any atom is -0.496 e. The van der Waals surface area contributed by atoms with Crippen molar-refractivity contribution in [1.82, 2.24) is 4.90 Å². The highest BCUT2D eigenvalue weighted by Crippen LogP contribution is 2.39. The highest BCUT2D eigenvalue weighted by Gasteiger charge is 2.39. The molecule has 3 rings (SSSR count). The summed E-state index contributed by atoms with van der Waals surface area (Å²) in [5.41, 5.74) is 2.19. The van der Waals surface area contributed by atoms with Gasteiger partial charge >= 0.3 is 0 Å². The summed E-state index contributed by atoms with van der Waals surface area (Å²) < 4.78 is 12.1. The minimum atomic E-state index is -0.256. The highest BCUT2D eigenvalue weighted by atomic mass is 16.5. The van der Waals surface area contributed by atoms with Gasteiger partial charge in [-0.1, -0.05) is 48.5 Å². The number of para-hydroxylation sites is 1. The van der Waals surface area contributed by atoms with Crippen LogP contribution in [0.15, 0.2) is 54.6 Å². The van der Waals surface area contributed by atoms with Crippen LogP contribution >= 0.6 is 0 Å². The molecule has 0 bridgehead atoms. The van der Waals surface area contributed by atoms with Crippen LogP contribution in [0.3, 0.4) is 0 Å². The largest absolute Gasteiger partial charge is 0.496 e. The summed E-state index contributed by atoms with van der Waals surface area (Å²) in [6.45, 7) is 6.19. The number of hydrogen-bond acceptors (Lipinski definition) is 3. The minimum absolute atomic E-state index is 0.247. The van der Waals surface area contributed by atoms with Crippen LogP contribution in [0.2, 0.25) is 0 Å². The molecule has 2 aromatic carbocycles. The average Bonchev–Trinajstić information content (AvgIpc) is 2.67. The first-order valence-corrected chi connectivity index (χ1v) is 9.21. The summed E-state index contributed by atoms with van der Waals surface area (Å²) in [5, 5.41) is 0. The van der Waals surface area contributed by atoms with Gasteiger partial charge in [-0.3, -0.25) is 4.90 Å². The Bertz CT molecular complexity index is 673. The molecule has 25 heavy (non-hydrogen) atoms. The summed E-state index contributed by atoms with van der Waals surface area (Å²) in [6.07, 6.45) is 3.48. The number of ether oxygens (including phenoxy) is 2. The SMILES string of the molecule is COc1ccccc1C(C)N1CCCCC1(C)OCc1ccccc1. The quantitative estimate of drug-likeness (QED) is 0.724. The maximum Gasteiger partial charge on any atom is 0.123 e. The van der Waals surface area contributed by atoms with Gasteiger partial charge in [-0.05, 0) is 44.7 Å². The second-order valence-corrected chi connectivity index (χ2v) is 7.02. The monoisotopic (exact) mass is 339 g/mol. The normalized spacial score (nSPS) is 22.5. The van der Waals surface area contributed by atoms with E-state index in [-0.39, 0.29) is 11.8 Å². The highest BCUT2D eigenvalue weighted by molar-refractivity contribution is 5.35. The number of likely N-dealkylation sites (tertiary alicyclic amines) is 1. The number of methoxy groups -OCH3 is 1. The average molecular weight is 339 g/mol. The number of nitrogens with zero attached hydrogens (tertiary/aromatic N) is 1. The number of benzene rings is 2. The molecule has 0 amide bonds. The van der Waals surface area contributed by atoms with E-state index in [9.17, 15) is 0 Å². The van der Waals surface area contributed by atoms with Crippen molar-refractivity contribution in [1.29, 1.82) is 0 Å². The van der Waals surface area contributed by atoms with Crippen LogP contribution in [0, 0.1) is 0 Å². The lowest BCUT2D eigenvalue weighted by Gasteiger charge is -2.48. The lowest BCUT2D eigenvalue weighted by atomic mass is 9.94. The van der Waals surface area contributed by atoms with Crippen molar-refractivity contribution in [2.75, 3.05) is 13.7 Å². The third-order valence-electron chi connectivity index (χ3n) is 5.35. The van der Waals surface area contributed by atoms with Gasteiger partial charge in [-0.25, -0.2) is 0 Å². The topological polar surface area (TPSA) is 21.7 Å². The molecule has 1 saturated heterocycles. The van der Waals surface area contributed by atoms with E-state index < -0.39 is 0 Å². The Morgan fingerprint density at radius 2 is 1.76 bits per heavy atom. The third kappa shape index (κ3) is 4.05. The Kier molecular flexibility index (Phi) is 5.77. The van der Waals surface area contributed by atoms with Gasteiger partial charge in [0.2, 0.25) is 0 Å². The van der Waals surface area contributed by atoms with Gasteiger partial charge in [0.15, 0.2) is 0 Å². The fourth-order valence-electron chi connectivity index (χ4n) is 3.87. The zero-order valence-electron chi connectivity index (χ0n) is 15.6. The molecule has 2 atom stereocenters. The molecule has 1 aliphatic rings. The number of rotatable bonds is 6. The molecule has 0 saturated carbocycles. The summed E-state index contributed by atoms with van der Waals surface area (Å²) in [4.78, 5) is 2.50. The van der Waals surface area contributed by atoms with Crippen molar-refractivity contribution in [3.63, 3.8) is 0 Å². The van der Waals surface area contributed by atoms with Crippen molar-refractivity contribution in [3.8, 4) is 5.75 Å². The lowest BCUT2D eigenvalue weighted by molar-refractivity contribution is -0.185. The van der Waals surface area contributed by atoms with Crippen LogP contribution in [-0.2, 0) is 11.3 Å². The van der Waals surface area contributed by atoms with Crippen molar-refractivity contribution >= 4 is 0 Å². The van der Waals surface area contributed by atoms with Crippen LogP contribution in [0.1, 0.15) is 50.3 Å². The molecular weight excluding hydrogens is 310 g/mol. The van der Waals surface area contributed by atoms with Crippen LogP contribution in [0.25, 0.3) is 0 Å². The van der Waals surface area contributed by atoms with E-state index in [1.807, 2.05) is 18.2 Å². The Hall–Kier alpha value is -1.84. The van der Waals surface area contributed by atoms with Crippen molar-refractivity contribution in [2.45, 2.75) is 51.5 Å². The summed E-state index contributed by atoms with van der Waals surface area (Å²) in [6, 6.07) is 19.0. The van der Waals surface area contributed by atoms with Crippen LogP contribution in [0.4, 0.5) is 0 Å².